The lowest BCUT2D eigenvalue weighted by molar-refractivity contribution is -0.384. The number of benzene rings is 2. The topological polar surface area (TPSA) is 132 Å². The fraction of sp³-hybridized carbons (Fsp3) is 0.310. The number of aromatic nitrogens is 2. The van der Waals surface area contributed by atoms with E-state index in [9.17, 15) is 19.7 Å². The highest BCUT2D eigenvalue weighted by atomic mass is 32.1. The van der Waals surface area contributed by atoms with Crippen LogP contribution >= 0.6 is 11.3 Å². The minimum absolute atomic E-state index is 0.125. The van der Waals surface area contributed by atoms with Crippen molar-refractivity contribution in [3.63, 3.8) is 0 Å². The quantitative estimate of drug-likeness (QED) is 0.160. The van der Waals surface area contributed by atoms with Crippen molar-refractivity contribution in [2.45, 2.75) is 39.5 Å². The lowest BCUT2D eigenvalue weighted by Gasteiger charge is -2.22. The molecule has 0 atom stereocenters. The number of anilines is 2. The van der Waals surface area contributed by atoms with Gasteiger partial charge in [-0.3, -0.25) is 19.7 Å². The summed E-state index contributed by atoms with van der Waals surface area (Å²) in [5, 5.41) is 18.7. The standard InChI is InChI=1S/C29H30N6O5S/c1-3-33(4-2)21-13-12-19(24(15-21)40-17-26(36)32-20-8-7-9-22(14-20)35(38)39)16-31-34-18-30-28-27(29(34)37)23-10-5-6-11-25(23)41-28/h7-9,12-16,18H,3-6,10-11,17H2,1-2H3,(H,32,36)/b31-16+. The Labute approximate surface area is 240 Å². The first kappa shape index (κ1) is 28.0. The number of nitrogens with one attached hydrogen (secondary N) is 1. The Hall–Kier alpha value is -4.58. The Morgan fingerprint density at radius 3 is 2.80 bits per heavy atom. The number of nitro groups is 1. The van der Waals surface area contributed by atoms with Gasteiger partial charge in [-0.15, -0.1) is 11.3 Å². The third kappa shape index (κ3) is 6.12. The van der Waals surface area contributed by atoms with Crippen LogP contribution in [0.15, 0.2) is 58.7 Å². The van der Waals surface area contributed by atoms with Crippen molar-refractivity contribution in [2.75, 3.05) is 29.9 Å². The summed E-state index contributed by atoms with van der Waals surface area (Å²) in [5.41, 5.74) is 2.55. The van der Waals surface area contributed by atoms with E-state index in [1.54, 1.807) is 17.4 Å². The van der Waals surface area contributed by atoms with Crippen LogP contribution in [0, 0.1) is 10.1 Å². The maximum absolute atomic E-state index is 13.3. The SMILES string of the molecule is CCN(CC)c1ccc(/C=N/n2cnc3sc4c(c3c2=O)CCCC4)c(OCC(=O)Nc2cccc([N+](=O)[O-])c2)c1. The second-order valence-electron chi connectivity index (χ2n) is 9.57. The number of rotatable bonds is 10. The summed E-state index contributed by atoms with van der Waals surface area (Å²) in [6.07, 6.45) is 7.00. The van der Waals surface area contributed by atoms with Crippen LogP contribution in [0.5, 0.6) is 5.75 Å². The predicted molar refractivity (Wildman–Crippen MR) is 161 cm³/mol. The van der Waals surface area contributed by atoms with E-state index >= 15 is 0 Å². The molecule has 0 saturated carbocycles. The van der Waals surface area contributed by atoms with Crippen molar-refractivity contribution in [2.24, 2.45) is 5.10 Å². The van der Waals surface area contributed by atoms with Crippen LogP contribution in [0.2, 0.25) is 0 Å². The zero-order valence-electron chi connectivity index (χ0n) is 22.8. The van der Waals surface area contributed by atoms with Crippen molar-refractivity contribution in [1.82, 2.24) is 9.66 Å². The van der Waals surface area contributed by atoms with E-state index in [0.29, 0.717) is 22.4 Å². The fourth-order valence-corrected chi connectivity index (χ4v) is 6.14. The number of amides is 1. The molecule has 1 aliphatic carbocycles. The first-order chi connectivity index (χ1) is 19.9. The van der Waals surface area contributed by atoms with Gasteiger partial charge in [0.15, 0.2) is 6.61 Å². The molecule has 0 unspecified atom stereocenters. The molecule has 2 aromatic heterocycles. The zero-order valence-corrected chi connectivity index (χ0v) is 23.6. The summed E-state index contributed by atoms with van der Waals surface area (Å²) in [4.78, 5) is 45.1. The molecule has 0 fully saturated rings. The maximum atomic E-state index is 13.3. The highest BCUT2D eigenvalue weighted by Crippen LogP contribution is 2.33. The highest BCUT2D eigenvalue weighted by molar-refractivity contribution is 7.18. The number of aryl methyl sites for hydroxylation is 2. The Kier molecular flexibility index (Phi) is 8.39. The van der Waals surface area contributed by atoms with Gasteiger partial charge >= 0.3 is 0 Å². The summed E-state index contributed by atoms with van der Waals surface area (Å²) in [6.45, 7) is 5.32. The lowest BCUT2D eigenvalue weighted by Crippen LogP contribution is -2.23. The van der Waals surface area contributed by atoms with E-state index in [2.05, 4.69) is 20.3 Å². The van der Waals surface area contributed by atoms with Crippen LogP contribution in [0.3, 0.4) is 0 Å². The summed E-state index contributed by atoms with van der Waals surface area (Å²) in [5.74, 6) is -0.0722. The number of carbonyl (C=O) groups is 1. The molecule has 0 radical (unpaired) electrons. The molecule has 4 aromatic rings. The molecule has 11 nitrogen and oxygen atoms in total. The van der Waals surface area contributed by atoms with Crippen LogP contribution in [-0.4, -0.2) is 46.4 Å². The van der Waals surface area contributed by atoms with Gasteiger partial charge in [0, 0.05) is 53.1 Å². The molecule has 1 aliphatic rings. The van der Waals surface area contributed by atoms with Gasteiger partial charge in [0.1, 0.15) is 16.9 Å². The molecule has 0 aliphatic heterocycles. The molecule has 212 valence electrons. The summed E-state index contributed by atoms with van der Waals surface area (Å²) in [6, 6.07) is 11.3. The number of nitro benzene ring substituents is 1. The molecule has 2 aromatic carbocycles. The first-order valence-electron chi connectivity index (χ1n) is 13.5. The molecule has 2 heterocycles. The van der Waals surface area contributed by atoms with Gasteiger partial charge in [0.2, 0.25) is 0 Å². The Bertz CT molecular complexity index is 1690. The normalized spacial score (nSPS) is 12.8. The number of hydrogen-bond acceptors (Lipinski definition) is 9. The van der Waals surface area contributed by atoms with Crippen molar-refractivity contribution < 1.29 is 14.5 Å². The van der Waals surface area contributed by atoms with Gasteiger partial charge < -0.3 is 15.0 Å². The summed E-state index contributed by atoms with van der Waals surface area (Å²) < 4.78 is 7.15. The number of carbonyl (C=O) groups excluding carboxylic acids is 1. The fourth-order valence-electron chi connectivity index (χ4n) is 4.92. The molecule has 1 amide bonds. The smallest absolute Gasteiger partial charge is 0.282 e. The Morgan fingerprint density at radius 1 is 1.22 bits per heavy atom. The first-order valence-corrected chi connectivity index (χ1v) is 14.3. The molecule has 0 bridgehead atoms. The van der Waals surface area contributed by atoms with E-state index in [-0.39, 0.29) is 17.9 Å². The molecule has 41 heavy (non-hydrogen) atoms. The second kappa shape index (κ2) is 12.3. The van der Waals surface area contributed by atoms with Gasteiger partial charge in [0.25, 0.3) is 17.2 Å². The van der Waals surface area contributed by atoms with Gasteiger partial charge in [-0.1, -0.05) is 6.07 Å². The molecule has 0 saturated heterocycles. The van der Waals surface area contributed by atoms with Gasteiger partial charge in [-0.25, -0.2) is 4.98 Å². The van der Waals surface area contributed by atoms with Crippen LogP contribution in [0.25, 0.3) is 10.2 Å². The van der Waals surface area contributed by atoms with Crippen molar-refractivity contribution in [3.8, 4) is 5.75 Å². The van der Waals surface area contributed by atoms with Crippen molar-refractivity contribution >= 4 is 50.7 Å². The number of non-ortho nitro benzene ring substituents is 1. The predicted octanol–water partition coefficient (Wildman–Crippen LogP) is 4.99. The van der Waals surface area contributed by atoms with Gasteiger partial charge in [-0.2, -0.15) is 9.78 Å². The highest BCUT2D eigenvalue weighted by Gasteiger charge is 2.20. The molecule has 1 N–H and O–H groups in total. The third-order valence-corrected chi connectivity index (χ3v) is 8.21. The van der Waals surface area contributed by atoms with E-state index in [4.69, 9.17) is 4.74 Å². The second-order valence-corrected chi connectivity index (χ2v) is 10.7. The molecule has 12 heteroatoms. The minimum atomic E-state index is -0.526. The zero-order chi connectivity index (χ0) is 28.9. The number of ether oxygens (including phenoxy) is 1. The van der Waals surface area contributed by atoms with Gasteiger partial charge in [-0.05, 0) is 63.3 Å². The number of fused-ring (bicyclic) bond motifs is 3. The summed E-state index contributed by atoms with van der Waals surface area (Å²) in [7, 11) is 0. The van der Waals surface area contributed by atoms with E-state index in [0.717, 1.165) is 54.9 Å². The van der Waals surface area contributed by atoms with Gasteiger partial charge in [0.05, 0.1) is 16.5 Å². The van der Waals surface area contributed by atoms with Crippen LogP contribution < -0.4 is 20.5 Å². The number of hydrogen-bond donors (Lipinski definition) is 1. The molecular weight excluding hydrogens is 544 g/mol. The van der Waals surface area contributed by atoms with Crippen LogP contribution in [0.4, 0.5) is 17.1 Å². The monoisotopic (exact) mass is 574 g/mol. The molecular formula is C29H30N6O5S. The molecule has 5 rings (SSSR count). The minimum Gasteiger partial charge on any atom is -0.483 e. The maximum Gasteiger partial charge on any atom is 0.282 e. The Morgan fingerprint density at radius 2 is 2.02 bits per heavy atom. The third-order valence-electron chi connectivity index (χ3n) is 7.01. The average Bonchev–Trinajstić information content (AvgIpc) is 3.36. The van der Waals surface area contributed by atoms with Crippen LogP contribution in [0.1, 0.15) is 42.7 Å². The summed E-state index contributed by atoms with van der Waals surface area (Å²) >= 11 is 1.59. The number of thiophene rings is 1. The Balaban J connectivity index is 1.40. The molecule has 0 spiro atoms. The van der Waals surface area contributed by atoms with E-state index < -0.39 is 10.8 Å². The van der Waals surface area contributed by atoms with Crippen molar-refractivity contribution in [3.05, 3.63) is 85.3 Å². The number of nitrogens with zero attached hydrogens (tertiary/aromatic N) is 5. The van der Waals surface area contributed by atoms with E-state index in [1.807, 2.05) is 32.0 Å². The van der Waals surface area contributed by atoms with E-state index in [1.165, 1.54) is 40.3 Å². The largest absolute Gasteiger partial charge is 0.483 e. The van der Waals surface area contributed by atoms with Crippen LogP contribution in [-0.2, 0) is 17.6 Å². The average molecular weight is 575 g/mol. The lowest BCUT2D eigenvalue weighted by atomic mass is 9.97. The van der Waals surface area contributed by atoms with Crippen molar-refractivity contribution in [1.29, 1.82) is 0 Å².